The Morgan fingerprint density at radius 2 is 2.28 bits per heavy atom. The van der Waals surface area contributed by atoms with E-state index in [2.05, 4.69) is 10.6 Å². The van der Waals surface area contributed by atoms with Gasteiger partial charge in [0.1, 0.15) is 11.5 Å². The average Bonchev–Trinajstić information content (AvgIpc) is 3.17. The van der Waals surface area contributed by atoms with E-state index in [0.29, 0.717) is 30.5 Å². The van der Waals surface area contributed by atoms with Crippen molar-refractivity contribution >= 4 is 34.8 Å². The predicted molar refractivity (Wildman–Crippen MR) is 96.4 cm³/mol. The number of nitrogens with zero attached hydrogens (tertiary/aromatic N) is 1. The Hall–Kier alpha value is -1.83. The van der Waals surface area contributed by atoms with Gasteiger partial charge in [0.2, 0.25) is 11.8 Å². The number of hydrogen-bond donors (Lipinski definition) is 2. The Bertz CT molecular complexity index is 758. The summed E-state index contributed by atoms with van der Waals surface area (Å²) in [7, 11) is 0. The van der Waals surface area contributed by atoms with Gasteiger partial charge in [-0.15, -0.1) is 11.3 Å². The zero-order chi connectivity index (χ0) is 17.8. The molecule has 1 aliphatic heterocycles. The van der Waals surface area contributed by atoms with Gasteiger partial charge in [0.15, 0.2) is 0 Å². The van der Waals surface area contributed by atoms with E-state index in [1.807, 2.05) is 30.0 Å². The summed E-state index contributed by atoms with van der Waals surface area (Å²) in [5.41, 5.74) is 0. The van der Waals surface area contributed by atoms with Crippen molar-refractivity contribution < 1.29 is 14.0 Å². The summed E-state index contributed by atoms with van der Waals surface area (Å²) in [6, 6.07) is 6.99. The van der Waals surface area contributed by atoms with E-state index >= 15 is 0 Å². The number of hydrogen-bond acceptors (Lipinski definition) is 5. The Balaban J connectivity index is 1.58. The van der Waals surface area contributed by atoms with Crippen LogP contribution in [0.5, 0.6) is 0 Å². The summed E-state index contributed by atoms with van der Waals surface area (Å²) in [5.74, 6) is 1.35. The van der Waals surface area contributed by atoms with Gasteiger partial charge in [0.05, 0.1) is 29.9 Å². The van der Waals surface area contributed by atoms with Crippen LogP contribution in [0.1, 0.15) is 22.8 Å². The Kier molecular flexibility index (Phi) is 5.78. The summed E-state index contributed by atoms with van der Waals surface area (Å²) < 4.78 is 6.29. The second-order valence-corrected chi connectivity index (χ2v) is 7.78. The average molecular weight is 382 g/mol. The second kappa shape index (κ2) is 8.03. The number of furan rings is 1. The topological polar surface area (TPSA) is 74.6 Å². The molecule has 0 aromatic carbocycles. The monoisotopic (exact) mass is 381 g/mol. The first kappa shape index (κ1) is 18.0. The van der Waals surface area contributed by atoms with Crippen LogP contribution in [0.25, 0.3) is 0 Å². The standard InChI is InChI=1S/C17H20ClN3O3S/c1-11-2-3-12(24-11)10-21-7-6-19-17(23)14(21)8-16(22)20-9-13-4-5-15(18)25-13/h2-5,14H,6-10H2,1H3,(H,19,23)(H,20,22). The summed E-state index contributed by atoms with van der Waals surface area (Å²) >= 11 is 7.32. The van der Waals surface area contributed by atoms with E-state index in [1.165, 1.54) is 11.3 Å². The molecule has 0 radical (unpaired) electrons. The van der Waals surface area contributed by atoms with Crippen LogP contribution in [0.4, 0.5) is 0 Å². The number of piperazine rings is 1. The molecule has 2 N–H and O–H groups in total. The fourth-order valence-electron chi connectivity index (χ4n) is 2.82. The number of aryl methyl sites for hydroxylation is 1. The molecule has 134 valence electrons. The van der Waals surface area contributed by atoms with Crippen LogP contribution in [0.2, 0.25) is 4.34 Å². The molecule has 0 spiro atoms. The van der Waals surface area contributed by atoms with Gasteiger partial charge in [-0.2, -0.15) is 0 Å². The molecule has 1 aliphatic rings. The molecule has 25 heavy (non-hydrogen) atoms. The molecule has 0 saturated carbocycles. The molecular weight excluding hydrogens is 362 g/mol. The smallest absolute Gasteiger partial charge is 0.237 e. The van der Waals surface area contributed by atoms with E-state index in [9.17, 15) is 9.59 Å². The summed E-state index contributed by atoms with van der Waals surface area (Å²) in [6.45, 7) is 4.07. The highest BCUT2D eigenvalue weighted by molar-refractivity contribution is 7.16. The summed E-state index contributed by atoms with van der Waals surface area (Å²) in [5, 5.41) is 5.68. The van der Waals surface area contributed by atoms with Crippen molar-refractivity contribution in [3.63, 3.8) is 0 Å². The van der Waals surface area contributed by atoms with Crippen LogP contribution >= 0.6 is 22.9 Å². The van der Waals surface area contributed by atoms with E-state index in [-0.39, 0.29) is 18.2 Å². The van der Waals surface area contributed by atoms with Gasteiger partial charge in [-0.3, -0.25) is 14.5 Å². The number of carbonyl (C=O) groups excluding carboxylic acids is 2. The third kappa shape index (κ3) is 4.84. The second-order valence-electron chi connectivity index (χ2n) is 5.98. The van der Waals surface area contributed by atoms with Crippen molar-refractivity contribution in [3.05, 3.63) is 45.0 Å². The Labute approximate surface area is 155 Å². The number of nitrogens with one attached hydrogen (secondary N) is 2. The van der Waals surface area contributed by atoms with E-state index < -0.39 is 6.04 Å². The van der Waals surface area contributed by atoms with Gasteiger partial charge in [-0.05, 0) is 31.2 Å². The lowest BCUT2D eigenvalue weighted by atomic mass is 10.1. The van der Waals surface area contributed by atoms with Crippen molar-refractivity contribution in [3.8, 4) is 0 Å². The molecule has 3 rings (SSSR count). The fourth-order valence-corrected chi connectivity index (χ4v) is 3.85. The van der Waals surface area contributed by atoms with Crippen LogP contribution in [0, 0.1) is 6.92 Å². The van der Waals surface area contributed by atoms with E-state index in [0.717, 1.165) is 16.4 Å². The minimum Gasteiger partial charge on any atom is -0.465 e. The van der Waals surface area contributed by atoms with Gasteiger partial charge in [-0.1, -0.05) is 11.6 Å². The molecule has 1 atom stereocenters. The van der Waals surface area contributed by atoms with Crippen molar-refractivity contribution in [2.24, 2.45) is 0 Å². The first-order chi connectivity index (χ1) is 12.0. The van der Waals surface area contributed by atoms with Gasteiger partial charge >= 0.3 is 0 Å². The molecule has 0 aliphatic carbocycles. The molecule has 1 fully saturated rings. The van der Waals surface area contributed by atoms with Gasteiger partial charge in [-0.25, -0.2) is 0 Å². The number of carbonyl (C=O) groups is 2. The van der Waals surface area contributed by atoms with Crippen LogP contribution < -0.4 is 10.6 Å². The molecule has 6 nitrogen and oxygen atoms in total. The largest absolute Gasteiger partial charge is 0.465 e. The molecule has 3 heterocycles. The van der Waals surface area contributed by atoms with Crippen molar-refractivity contribution in [2.75, 3.05) is 13.1 Å². The van der Waals surface area contributed by atoms with Gasteiger partial charge in [0.25, 0.3) is 0 Å². The number of halogens is 1. The number of amides is 2. The molecule has 2 aromatic heterocycles. The highest BCUT2D eigenvalue weighted by Gasteiger charge is 2.32. The third-order valence-corrected chi connectivity index (χ3v) is 5.30. The zero-order valence-electron chi connectivity index (χ0n) is 13.9. The Morgan fingerprint density at radius 1 is 1.44 bits per heavy atom. The molecule has 2 aromatic rings. The van der Waals surface area contributed by atoms with Crippen LogP contribution in [-0.4, -0.2) is 35.8 Å². The predicted octanol–water partition coefficient (Wildman–Crippen LogP) is 2.31. The van der Waals surface area contributed by atoms with Crippen molar-refractivity contribution in [1.82, 2.24) is 15.5 Å². The maximum absolute atomic E-state index is 12.3. The number of rotatable bonds is 6. The van der Waals surface area contributed by atoms with E-state index in [4.69, 9.17) is 16.0 Å². The lowest BCUT2D eigenvalue weighted by molar-refractivity contribution is -0.134. The highest BCUT2D eigenvalue weighted by atomic mass is 35.5. The lowest BCUT2D eigenvalue weighted by Gasteiger charge is -2.34. The molecule has 2 amide bonds. The first-order valence-corrected chi connectivity index (χ1v) is 9.28. The van der Waals surface area contributed by atoms with Crippen LogP contribution in [0.15, 0.2) is 28.7 Å². The van der Waals surface area contributed by atoms with Gasteiger partial charge in [0, 0.05) is 18.0 Å². The van der Waals surface area contributed by atoms with Crippen molar-refractivity contribution in [2.45, 2.75) is 32.5 Å². The maximum Gasteiger partial charge on any atom is 0.237 e. The molecule has 1 saturated heterocycles. The Morgan fingerprint density at radius 3 is 2.96 bits per heavy atom. The lowest BCUT2D eigenvalue weighted by Crippen LogP contribution is -2.56. The third-order valence-electron chi connectivity index (χ3n) is 4.06. The molecule has 1 unspecified atom stereocenters. The minimum atomic E-state index is -0.494. The zero-order valence-corrected chi connectivity index (χ0v) is 15.5. The van der Waals surface area contributed by atoms with E-state index in [1.54, 1.807) is 6.07 Å². The fraction of sp³-hybridized carbons (Fsp3) is 0.412. The first-order valence-electron chi connectivity index (χ1n) is 8.09. The highest BCUT2D eigenvalue weighted by Crippen LogP contribution is 2.21. The SMILES string of the molecule is Cc1ccc(CN2CCNC(=O)C2CC(=O)NCc2ccc(Cl)s2)o1. The molecule has 0 bridgehead atoms. The quantitative estimate of drug-likeness (QED) is 0.805. The van der Waals surface area contributed by atoms with Gasteiger partial charge < -0.3 is 15.1 Å². The minimum absolute atomic E-state index is 0.116. The summed E-state index contributed by atoms with van der Waals surface area (Å²) in [6.07, 6.45) is 0.116. The normalized spacial score (nSPS) is 18.2. The number of thiophene rings is 1. The molecular formula is C17H20ClN3O3S. The maximum atomic E-state index is 12.3. The van der Waals surface area contributed by atoms with Crippen LogP contribution in [-0.2, 0) is 22.7 Å². The van der Waals surface area contributed by atoms with Crippen molar-refractivity contribution in [1.29, 1.82) is 0 Å². The summed E-state index contributed by atoms with van der Waals surface area (Å²) in [4.78, 5) is 27.5. The molecule has 8 heteroatoms. The van der Waals surface area contributed by atoms with Crippen LogP contribution in [0.3, 0.4) is 0 Å².